The molecule has 1 aliphatic carbocycles. The van der Waals surface area contributed by atoms with Crippen LogP contribution >= 0.6 is 24.6 Å². The van der Waals surface area contributed by atoms with Crippen LogP contribution in [-0.4, -0.2) is 53.7 Å². The van der Waals surface area contributed by atoms with Crippen molar-refractivity contribution in [2.45, 2.75) is 44.1 Å². The molecule has 1 aromatic carbocycles. The monoisotopic (exact) mass is 511 g/mol. The number of hydrogen-bond acceptors (Lipinski definition) is 6. The van der Waals surface area contributed by atoms with Gasteiger partial charge in [0.1, 0.15) is 11.6 Å². The van der Waals surface area contributed by atoms with Crippen LogP contribution in [0, 0.1) is 17.2 Å². The number of pyridine rings is 1. The molecule has 0 bridgehead atoms. The van der Waals surface area contributed by atoms with Gasteiger partial charge in [0.25, 0.3) is 5.91 Å². The number of amides is 1. The predicted octanol–water partition coefficient (Wildman–Crippen LogP) is 4.33. The van der Waals surface area contributed by atoms with E-state index in [2.05, 4.69) is 41.2 Å². The number of anilines is 2. The molecule has 2 saturated heterocycles. The molecule has 9 heteroatoms. The molecule has 1 spiro atoms. The molecule has 35 heavy (non-hydrogen) atoms. The second-order valence-electron chi connectivity index (χ2n) is 9.62. The van der Waals surface area contributed by atoms with E-state index in [0.717, 1.165) is 37.3 Å². The lowest BCUT2D eigenvalue weighted by Crippen LogP contribution is -2.55. The summed E-state index contributed by atoms with van der Waals surface area (Å²) in [4.78, 5) is 23.8. The second-order valence-corrected chi connectivity index (χ2v) is 9.98. The molecule has 2 aliphatic heterocycles. The summed E-state index contributed by atoms with van der Waals surface area (Å²) in [6, 6.07) is 12.2. The summed E-state index contributed by atoms with van der Waals surface area (Å²) in [5.74, 6) is 1.02. The van der Waals surface area contributed by atoms with Gasteiger partial charge < -0.3 is 14.5 Å². The zero-order chi connectivity index (χ0) is 23.9. The second kappa shape index (κ2) is 10.1. The van der Waals surface area contributed by atoms with Crippen molar-refractivity contribution < 1.29 is 9.53 Å². The Balaban J connectivity index is 0.00000289. The number of ether oxygens (including phenoxy) is 1. The lowest BCUT2D eigenvalue weighted by atomic mass is 9.75. The number of carbonyl (C=O) groups excluding carboxylic acids is 1. The molecule has 1 aromatic heterocycles. The van der Waals surface area contributed by atoms with Crippen molar-refractivity contribution >= 4 is 47.0 Å². The minimum Gasteiger partial charge on any atom is -0.494 e. The van der Waals surface area contributed by atoms with Gasteiger partial charge in [0.15, 0.2) is 16.6 Å². The average Bonchev–Trinajstić information content (AvgIpc) is 3.07. The van der Waals surface area contributed by atoms with Gasteiger partial charge in [-0.25, -0.2) is 4.98 Å². The number of benzene rings is 1. The van der Waals surface area contributed by atoms with E-state index in [1.165, 1.54) is 44.8 Å². The number of nitriles is 1. The Morgan fingerprint density at radius 2 is 1.89 bits per heavy atom. The van der Waals surface area contributed by atoms with Crippen LogP contribution in [-0.2, 0) is 11.2 Å². The van der Waals surface area contributed by atoms with Crippen LogP contribution in [0.25, 0.3) is 0 Å². The Kier molecular flexibility index (Phi) is 7.32. The van der Waals surface area contributed by atoms with Crippen LogP contribution in [0.4, 0.5) is 11.4 Å². The van der Waals surface area contributed by atoms with E-state index in [4.69, 9.17) is 17.0 Å². The maximum Gasteiger partial charge on any atom is 0.259 e. The summed E-state index contributed by atoms with van der Waals surface area (Å²) in [6.45, 7) is 2.33. The van der Waals surface area contributed by atoms with E-state index in [9.17, 15) is 10.1 Å². The number of methoxy groups -OCH3 is 1. The molecule has 5 rings (SSSR count). The molecule has 0 unspecified atom stereocenters. The number of nitrogens with zero attached hydrogens (tertiary/aromatic N) is 5. The van der Waals surface area contributed by atoms with Crippen molar-refractivity contribution in [1.82, 2.24) is 9.88 Å². The third kappa shape index (κ3) is 4.37. The Morgan fingerprint density at radius 3 is 2.46 bits per heavy atom. The molecule has 7 nitrogen and oxygen atoms in total. The molecule has 1 saturated carbocycles. The molecular formula is C26H30ClN5O2S. The zero-order valence-corrected chi connectivity index (χ0v) is 21.7. The fourth-order valence-electron chi connectivity index (χ4n) is 5.38. The summed E-state index contributed by atoms with van der Waals surface area (Å²) in [5.41, 5.74) is 2.34. The van der Waals surface area contributed by atoms with Gasteiger partial charge in [-0.15, -0.1) is 12.4 Å². The van der Waals surface area contributed by atoms with Crippen molar-refractivity contribution in [1.29, 1.82) is 5.26 Å². The average molecular weight is 512 g/mol. The van der Waals surface area contributed by atoms with Crippen molar-refractivity contribution in [2.24, 2.45) is 5.92 Å². The topological polar surface area (TPSA) is 72.7 Å². The first-order valence-corrected chi connectivity index (χ1v) is 12.3. The number of aromatic nitrogens is 1. The first-order valence-electron chi connectivity index (χ1n) is 11.9. The van der Waals surface area contributed by atoms with Gasteiger partial charge in [0.2, 0.25) is 0 Å². The van der Waals surface area contributed by atoms with E-state index >= 15 is 0 Å². The Labute approximate surface area is 218 Å². The fraction of sp³-hybridized carbons (Fsp3) is 0.462. The first-order chi connectivity index (χ1) is 16.5. The smallest absolute Gasteiger partial charge is 0.259 e. The Morgan fingerprint density at radius 1 is 1.20 bits per heavy atom. The molecule has 2 aromatic rings. The normalized spacial score (nSPS) is 19.9. The molecule has 0 atom stereocenters. The molecule has 184 valence electrons. The lowest BCUT2D eigenvalue weighted by Gasteiger charge is -2.43. The highest BCUT2D eigenvalue weighted by Crippen LogP contribution is 2.48. The number of halogens is 1. The fourth-order valence-corrected chi connectivity index (χ4v) is 5.85. The lowest BCUT2D eigenvalue weighted by molar-refractivity contribution is -0.123. The summed E-state index contributed by atoms with van der Waals surface area (Å²) in [7, 11) is 3.67. The van der Waals surface area contributed by atoms with Gasteiger partial charge in [-0.2, -0.15) is 5.26 Å². The number of carbonyl (C=O) groups is 1. The van der Waals surface area contributed by atoms with Gasteiger partial charge >= 0.3 is 0 Å². The van der Waals surface area contributed by atoms with Gasteiger partial charge in [-0.3, -0.25) is 9.69 Å². The molecule has 0 radical (unpaired) electrons. The maximum absolute atomic E-state index is 13.7. The Bertz CT molecular complexity index is 1150. The van der Waals surface area contributed by atoms with Crippen LogP contribution in [0.1, 0.15) is 43.4 Å². The number of piperidine rings is 1. The van der Waals surface area contributed by atoms with E-state index in [1.54, 1.807) is 11.0 Å². The number of hydrogen-bond donors (Lipinski definition) is 0. The SMILES string of the molecule is COc1cc(N2C(=O)C3(CCC3)N(c3ccc(CC4CCN(C)CC4)cc3)C2=S)cnc1C#N.Cl. The van der Waals surface area contributed by atoms with Crippen molar-refractivity contribution in [3.63, 3.8) is 0 Å². The van der Waals surface area contributed by atoms with E-state index in [1.807, 2.05) is 11.0 Å². The van der Waals surface area contributed by atoms with Gasteiger partial charge in [-0.05, 0) is 94.5 Å². The molecule has 3 aliphatic rings. The summed E-state index contributed by atoms with van der Waals surface area (Å²) < 4.78 is 5.31. The summed E-state index contributed by atoms with van der Waals surface area (Å²) in [5, 5.41) is 9.70. The Hall–Kier alpha value is -2.73. The third-order valence-electron chi connectivity index (χ3n) is 7.57. The minimum absolute atomic E-state index is 0. The highest BCUT2D eigenvalue weighted by molar-refractivity contribution is 7.81. The maximum atomic E-state index is 13.7. The van der Waals surface area contributed by atoms with E-state index < -0.39 is 5.54 Å². The highest BCUT2D eigenvalue weighted by atomic mass is 35.5. The molecule has 1 amide bonds. The van der Waals surface area contributed by atoms with Gasteiger partial charge in [0, 0.05) is 11.8 Å². The zero-order valence-electron chi connectivity index (χ0n) is 20.1. The number of thiocarbonyl (C=S) groups is 1. The number of likely N-dealkylation sites (tertiary alicyclic amines) is 1. The van der Waals surface area contributed by atoms with E-state index in [0.29, 0.717) is 16.5 Å². The molecule has 0 N–H and O–H groups in total. The first kappa shape index (κ1) is 25.4. The van der Waals surface area contributed by atoms with E-state index in [-0.39, 0.29) is 24.0 Å². The van der Waals surface area contributed by atoms with Crippen LogP contribution in [0.5, 0.6) is 5.75 Å². The number of rotatable bonds is 5. The van der Waals surface area contributed by atoms with Crippen LogP contribution < -0.4 is 14.5 Å². The van der Waals surface area contributed by atoms with Gasteiger partial charge in [0.05, 0.1) is 19.0 Å². The van der Waals surface area contributed by atoms with Gasteiger partial charge in [-0.1, -0.05) is 12.1 Å². The van der Waals surface area contributed by atoms with Crippen LogP contribution in [0.15, 0.2) is 36.5 Å². The standard InChI is InChI=1S/C26H29N5O2S.ClH/c1-29-12-8-19(9-13-29)14-18-4-6-20(7-5-18)31-25(34)30(24(32)26(31)10-3-11-26)21-15-23(33-2)22(16-27)28-17-21;/h4-7,15,17,19H,3,8-14H2,1-2H3;1H. The third-order valence-corrected chi connectivity index (χ3v) is 7.94. The molecule has 3 heterocycles. The molecular weight excluding hydrogens is 482 g/mol. The van der Waals surface area contributed by atoms with Crippen molar-refractivity contribution in [3.05, 3.63) is 47.8 Å². The van der Waals surface area contributed by atoms with Crippen molar-refractivity contribution in [2.75, 3.05) is 37.0 Å². The van der Waals surface area contributed by atoms with Crippen LogP contribution in [0.2, 0.25) is 0 Å². The highest BCUT2D eigenvalue weighted by Gasteiger charge is 2.59. The largest absolute Gasteiger partial charge is 0.494 e. The predicted molar refractivity (Wildman–Crippen MR) is 142 cm³/mol. The van der Waals surface area contributed by atoms with Crippen molar-refractivity contribution in [3.8, 4) is 11.8 Å². The quantitative estimate of drug-likeness (QED) is 0.553. The molecule has 3 fully saturated rings. The van der Waals surface area contributed by atoms with Crippen LogP contribution in [0.3, 0.4) is 0 Å². The summed E-state index contributed by atoms with van der Waals surface area (Å²) in [6.07, 6.45) is 7.60. The minimum atomic E-state index is -0.645. The summed E-state index contributed by atoms with van der Waals surface area (Å²) >= 11 is 5.86.